The number of ether oxygens (including phenoxy) is 3. The van der Waals surface area contributed by atoms with Crippen molar-refractivity contribution in [2.45, 2.75) is 44.3 Å². The van der Waals surface area contributed by atoms with Crippen molar-refractivity contribution in [3.05, 3.63) is 23.8 Å². The highest BCUT2D eigenvalue weighted by molar-refractivity contribution is 5.82. The minimum Gasteiger partial charge on any atom is -0.479 e. The Kier molecular flexibility index (Phi) is 4.36. The predicted molar refractivity (Wildman–Crippen MR) is 84.1 cm³/mol. The van der Waals surface area contributed by atoms with Gasteiger partial charge in [-0.3, -0.25) is 4.79 Å². The quantitative estimate of drug-likeness (QED) is 0.846. The van der Waals surface area contributed by atoms with E-state index >= 15 is 0 Å². The monoisotopic (exact) mass is 335 g/mol. The molecule has 0 saturated carbocycles. The number of carboxylic acids is 1. The first-order chi connectivity index (χ1) is 11.4. The van der Waals surface area contributed by atoms with Gasteiger partial charge in [0.2, 0.25) is 12.7 Å². The van der Waals surface area contributed by atoms with E-state index in [2.05, 4.69) is 5.32 Å². The van der Waals surface area contributed by atoms with Gasteiger partial charge < -0.3 is 24.6 Å². The summed E-state index contributed by atoms with van der Waals surface area (Å²) < 4.78 is 16.0. The molecule has 1 amide bonds. The second-order valence-electron chi connectivity index (χ2n) is 6.70. The van der Waals surface area contributed by atoms with Crippen LogP contribution in [0.5, 0.6) is 11.5 Å². The molecule has 130 valence electrons. The summed E-state index contributed by atoms with van der Waals surface area (Å²) in [6, 6.07) is 5.73. The van der Waals surface area contributed by atoms with Gasteiger partial charge in [-0.2, -0.15) is 0 Å². The first-order valence-corrected chi connectivity index (χ1v) is 7.93. The molecule has 2 aliphatic rings. The molecular weight excluding hydrogens is 314 g/mol. The van der Waals surface area contributed by atoms with Crippen molar-refractivity contribution >= 4 is 11.9 Å². The van der Waals surface area contributed by atoms with Crippen LogP contribution in [0.2, 0.25) is 0 Å². The normalized spacial score (nSPS) is 22.4. The molecule has 1 saturated heterocycles. The number of nitrogens with one attached hydrogen (secondary N) is 1. The van der Waals surface area contributed by atoms with E-state index in [0.717, 1.165) is 11.3 Å². The Balaban J connectivity index is 1.59. The smallest absolute Gasteiger partial charge is 0.332 e. The molecule has 0 spiro atoms. The molecule has 24 heavy (non-hydrogen) atoms. The zero-order valence-corrected chi connectivity index (χ0v) is 13.7. The van der Waals surface area contributed by atoms with Gasteiger partial charge in [-0.15, -0.1) is 0 Å². The summed E-state index contributed by atoms with van der Waals surface area (Å²) in [5.74, 6) is 0.131. The van der Waals surface area contributed by atoms with E-state index in [4.69, 9.17) is 19.3 Å². The standard InChI is InChI=1S/C17H21NO6/c1-17(2,10-3-4-11-14(7-10)23-9-22-11)8-18-15(19)12-5-6-13(24-12)16(20)21/h3-4,7,12-13H,5-6,8-9H2,1-2H3,(H,18,19)(H,20,21)/t12-,13+/m0/s1. The fourth-order valence-electron chi connectivity index (χ4n) is 2.85. The van der Waals surface area contributed by atoms with Crippen LogP contribution in [-0.4, -0.2) is 42.5 Å². The molecular formula is C17H21NO6. The predicted octanol–water partition coefficient (Wildman–Crippen LogP) is 1.44. The van der Waals surface area contributed by atoms with E-state index in [1.807, 2.05) is 32.0 Å². The number of carbonyl (C=O) groups is 2. The van der Waals surface area contributed by atoms with Crippen LogP contribution in [0.1, 0.15) is 32.3 Å². The van der Waals surface area contributed by atoms with E-state index in [9.17, 15) is 9.59 Å². The molecule has 0 unspecified atom stereocenters. The zero-order chi connectivity index (χ0) is 17.3. The molecule has 2 heterocycles. The van der Waals surface area contributed by atoms with Crippen LogP contribution < -0.4 is 14.8 Å². The zero-order valence-electron chi connectivity index (χ0n) is 13.7. The van der Waals surface area contributed by atoms with Gasteiger partial charge in [0.25, 0.3) is 0 Å². The van der Waals surface area contributed by atoms with E-state index in [1.54, 1.807) is 0 Å². The van der Waals surface area contributed by atoms with Crippen LogP contribution >= 0.6 is 0 Å². The summed E-state index contributed by atoms with van der Waals surface area (Å²) in [6.45, 7) is 4.66. The van der Waals surface area contributed by atoms with Crippen molar-refractivity contribution in [3.63, 3.8) is 0 Å². The molecule has 2 atom stereocenters. The lowest BCUT2D eigenvalue weighted by molar-refractivity contribution is -0.151. The first-order valence-electron chi connectivity index (χ1n) is 7.93. The first kappa shape index (κ1) is 16.6. The maximum absolute atomic E-state index is 12.2. The van der Waals surface area contributed by atoms with Crippen LogP contribution in [0.4, 0.5) is 0 Å². The van der Waals surface area contributed by atoms with E-state index in [0.29, 0.717) is 25.1 Å². The molecule has 0 aromatic heterocycles. The van der Waals surface area contributed by atoms with Gasteiger partial charge in [-0.05, 0) is 30.5 Å². The number of fused-ring (bicyclic) bond motifs is 1. The summed E-state index contributed by atoms with van der Waals surface area (Å²) in [7, 11) is 0. The maximum Gasteiger partial charge on any atom is 0.332 e. The average Bonchev–Trinajstić information content (AvgIpc) is 3.20. The van der Waals surface area contributed by atoms with Crippen molar-refractivity contribution in [1.82, 2.24) is 5.32 Å². The number of benzene rings is 1. The molecule has 0 bridgehead atoms. The Labute approximate surface area is 139 Å². The second kappa shape index (κ2) is 6.32. The Hall–Kier alpha value is -2.28. The SMILES string of the molecule is CC(C)(CNC(=O)[C@@H]1CC[C@H](C(=O)O)O1)c1ccc2c(c1)OCO2. The highest BCUT2D eigenvalue weighted by Crippen LogP contribution is 2.36. The van der Waals surface area contributed by atoms with Crippen molar-refractivity contribution in [3.8, 4) is 11.5 Å². The van der Waals surface area contributed by atoms with Crippen molar-refractivity contribution < 1.29 is 28.9 Å². The highest BCUT2D eigenvalue weighted by atomic mass is 16.7. The third-order valence-electron chi connectivity index (χ3n) is 4.45. The van der Waals surface area contributed by atoms with Crippen LogP contribution in [0, 0.1) is 0 Å². The average molecular weight is 335 g/mol. The topological polar surface area (TPSA) is 94.1 Å². The largest absolute Gasteiger partial charge is 0.479 e. The number of carboxylic acid groups (broad SMARTS) is 1. The minimum atomic E-state index is -1.02. The van der Waals surface area contributed by atoms with Crippen LogP contribution in [0.25, 0.3) is 0 Å². The van der Waals surface area contributed by atoms with Gasteiger partial charge in [-0.25, -0.2) is 4.79 Å². The van der Waals surface area contributed by atoms with Gasteiger partial charge in [0.05, 0.1) is 0 Å². The fraction of sp³-hybridized carbons (Fsp3) is 0.529. The number of carbonyl (C=O) groups excluding carboxylic acids is 1. The molecule has 3 rings (SSSR count). The number of amides is 1. The Morgan fingerprint density at radius 3 is 2.62 bits per heavy atom. The van der Waals surface area contributed by atoms with E-state index in [-0.39, 0.29) is 18.1 Å². The molecule has 1 fully saturated rings. The molecule has 2 aliphatic heterocycles. The summed E-state index contributed by atoms with van der Waals surface area (Å²) in [5, 5.41) is 11.8. The molecule has 0 aliphatic carbocycles. The molecule has 0 radical (unpaired) electrons. The van der Waals surface area contributed by atoms with E-state index in [1.165, 1.54) is 0 Å². The Morgan fingerprint density at radius 1 is 1.21 bits per heavy atom. The molecule has 7 heteroatoms. The van der Waals surface area contributed by atoms with Crippen LogP contribution in [0.15, 0.2) is 18.2 Å². The van der Waals surface area contributed by atoms with Gasteiger partial charge in [0.1, 0.15) is 6.10 Å². The summed E-state index contributed by atoms with van der Waals surface area (Å²) >= 11 is 0. The third-order valence-corrected chi connectivity index (χ3v) is 4.45. The van der Waals surface area contributed by atoms with Crippen LogP contribution in [0.3, 0.4) is 0 Å². The summed E-state index contributed by atoms with van der Waals surface area (Å²) in [4.78, 5) is 23.1. The van der Waals surface area contributed by atoms with Gasteiger partial charge >= 0.3 is 5.97 Å². The minimum absolute atomic E-state index is 0.222. The summed E-state index contributed by atoms with van der Waals surface area (Å²) in [6.07, 6.45) is -0.798. The maximum atomic E-state index is 12.2. The second-order valence-corrected chi connectivity index (χ2v) is 6.70. The number of hydrogen-bond acceptors (Lipinski definition) is 5. The van der Waals surface area contributed by atoms with Crippen molar-refractivity contribution in [2.75, 3.05) is 13.3 Å². The fourth-order valence-corrected chi connectivity index (χ4v) is 2.85. The number of aliphatic carboxylic acids is 1. The Bertz CT molecular complexity index is 656. The molecule has 1 aromatic carbocycles. The summed E-state index contributed by atoms with van der Waals surface area (Å²) in [5.41, 5.74) is 0.698. The highest BCUT2D eigenvalue weighted by Gasteiger charge is 2.35. The van der Waals surface area contributed by atoms with Gasteiger partial charge in [0.15, 0.2) is 17.6 Å². The van der Waals surface area contributed by atoms with E-state index < -0.39 is 18.2 Å². The Morgan fingerprint density at radius 2 is 1.92 bits per heavy atom. The lowest BCUT2D eigenvalue weighted by Crippen LogP contribution is -2.42. The molecule has 1 aromatic rings. The van der Waals surface area contributed by atoms with Crippen molar-refractivity contribution in [1.29, 1.82) is 0 Å². The number of rotatable bonds is 5. The lowest BCUT2D eigenvalue weighted by atomic mass is 9.84. The molecule has 2 N–H and O–H groups in total. The molecule has 7 nitrogen and oxygen atoms in total. The third kappa shape index (κ3) is 3.31. The van der Waals surface area contributed by atoms with Gasteiger partial charge in [0, 0.05) is 12.0 Å². The van der Waals surface area contributed by atoms with Gasteiger partial charge in [-0.1, -0.05) is 19.9 Å². The number of hydrogen-bond donors (Lipinski definition) is 2. The van der Waals surface area contributed by atoms with Crippen molar-refractivity contribution in [2.24, 2.45) is 0 Å². The lowest BCUT2D eigenvalue weighted by Gasteiger charge is -2.26. The van der Waals surface area contributed by atoms with Crippen LogP contribution in [-0.2, 0) is 19.7 Å².